The maximum absolute atomic E-state index is 13.3. The van der Waals surface area contributed by atoms with Crippen LogP contribution < -0.4 is 0 Å². The second-order valence-electron chi connectivity index (χ2n) is 6.71. The fourth-order valence-corrected chi connectivity index (χ4v) is 3.10. The number of aromatic nitrogens is 3. The van der Waals surface area contributed by atoms with Crippen molar-refractivity contribution in [1.29, 1.82) is 0 Å². The molecule has 0 bridgehead atoms. The molecule has 0 aliphatic heterocycles. The van der Waals surface area contributed by atoms with Gasteiger partial charge in [-0.1, -0.05) is 56.3 Å². The molecule has 0 spiro atoms. The van der Waals surface area contributed by atoms with Gasteiger partial charge in [0.15, 0.2) is 0 Å². The topological polar surface area (TPSA) is 30.7 Å². The summed E-state index contributed by atoms with van der Waals surface area (Å²) in [5.74, 6) is 1.38. The molecule has 0 amide bonds. The first-order valence-electron chi connectivity index (χ1n) is 8.92. The van der Waals surface area contributed by atoms with Gasteiger partial charge in [0.1, 0.15) is 5.82 Å². The molecule has 0 N–H and O–H groups in total. The van der Waals surface area contributed by atoms with Gasteiger partial charge in [-0.25, -0.2) is 0 Å². The largest absolute Gasteiger partial charge is 0.320 e. The van der Waals surface area contributed by atoms with Crippen LogP contribution >= 0.6 is 0 Å². The van der Waals surface area contributed by atoms with Gasteiger partial charge in [-0.05, 0) is 23.3 Å². The van der Waals surface area contributed by atoms with E-state index in [1.165, 1.54) is 12.1 Å². The Bertz CT molecular complexity index is 1060. The molecule has 3 nitrogen and oxygen atoms in total. The van der Waals surface area contributed by atoms with E-state index in [0.717, 1.165) is 22.6 Å². The summed E-state index contributed by atoms with van der Waals surface area (Å²) in [6.07, 6.45) is 0. The zero-order chi connectivity index (χ0) is 18.8. The number of halogens is 1. The van der Waals surface area contributed by atoms with Gasteiger partial charge in [0.2, 0.25) is 0 Å². The Morgan fingerprint density at radius 3 is 2.32 bits per heavy atom. The van der Waals surface area contributed by atoms with Crippen LogP contribution in [-0.4, -0.2) is 14.8 Å². The maximum Gasteiger partial charge on any atom is 0.131 e. The van der Waals surface area contributed by atoms with Gasteiger partial charge in [0.05, 0.1) is 5.82 Å². The molecule has 0 aliphatic carbocycles. The third kappa shape index (κ3) is 3.96. The van der Waals surface area contributed by atoms with Crippen molar-refractivity contribution in [3.63, 3.8) is 0 Å². The predicted octanol–water partition coefficient (Wildman–Crippen LogP) is 5.66. The summed E-state index contributed by atoms with van der Waals surface area (Å²) in [5.41, 5.74) is 3.94. The number of nitrogens with zero attached hydrogens (tertiary/aromatic N) is 3. The van der Waals surface area contributed by atoms with Gasteiger partial charge < -0.3 is 4.57 Å². The normalized spacial score (nSPS) is 10.7. The second kappa shape index (κ2) is 8.59. The molecule has 0 saturated heterocycles. The Hall–Kier alpha value is -2.62. The third-order valence-corrected chi connectivity index (χ3v) is 4.43. The number of rotatable bonds is 4. The minimum atomic E-state index is -0.319. The monoisotopic (exact) mass is 549 g/mol. The second-order valence-corrected chi connectivity index (χ2v) is 6.71. The van der Waals surface area contributed by atoms with Crippen molar-refractivity contribution in [1.82, 2.24) is 14.8 Å². The molecular weight excluding hydrogens is 529 g/mol. The molecule has 0 saturated carbocycles. The average Bonchev–Trinajstić information content (AvgIpc) is 3.15. The van der Waals surface area contributed by atoms with Gasteiger partial charge in [0, 0.05) is 37.5 Å². The molecule has 143 valence electrons. The van der Waals surface area contributed by atoms with E-state index in [1.54, 1.807) is 6.07 Å². The summed E-state index contributed by atoms with van der Waals surface area (Å²) in [6.45, 7) is 4.17. The van der Waals surface area contributed by atoms with Gasteiger partial charge in [-0.15, -0.1) is 34.9 Å². The first kappa shape index (κ1) is 20.1. The van der Waals surface area contributed by atoms with E-state index >= 15 is 0 Å². The van der Waals surface area contributed by atoms with Crippen molar-refractivity contribution in [2.45, 2.75) is 19.8 Å². The average molecular weight is 549 g/mol. The van der Waals surface area contributed by atoms with Crippen molar-refractivity contribution in [2.24, 2.45) is 0 Å². The minimum absolute atomic E-state index is 0. The van der Waals surface area contributed by atoms with Crippen molar-refractivity contribution >= 4 is 0 Å². The molecule has 4 aromatic rings. The first-order valence-corrected chi connectivity index (χ1v) is 8.92. The Balaban J connectivity index is 0.00000225. The van der Waals surface area contributed by atoms with Crippen LogP contribution in [-0.2, 0) is 20.1 Å². The van der Waals surface area contributed by atoms with Crippen molar-refractivity contribution in [3.05, 3.63) is 90.5 Å². The van der Waals surface area contributed by atoms with Crippen LogP contribution in [0.3, 0.4) is 0 Å². The Morgan fingerprint density at radius 2 is 1.64 bits per heavy atom. The van der Waals surface area contributed by atoms with E-state index in [4.69, 9.17) is 0 Å². The summed E-state index contributed by atoms with van der Waals surface area (Å²) < 4.78 is 15.4. The molecule has 0 unspecified atom stereocenters. The summed E-state index contributed by atoms with van der Waals surface area (Å²) in [4.78, 5) is 0. The van der Waals surface area contributed by atoms with Crippen LogP contribution in [0.5, 0.6) is 0 Å². The van der Waals surface area contributed by atoms with E-state index < -0.39 is 0 Å². The van der Waals surface area contributed by atoms with Gasteiger partial charge >= 0.3 is 0 Å². The Labute approximate surface area is 177 Å². The zero-order valence-corrected chi connectivity index (χ0v) is 18.0. The quantitative estimate of drug-likeness (QED) is 0.308. The molecule has 1 heterocycles. The van der Waals surface area contributed by atoms with Gasteiger partial charge in [-0.2, -0.15) is 5.10 Å². The number of benzene rings is 3. The van der Waals surface area contributed by atoms with Crippen molar-refractivity contribution < 1.29 is 24.5 Å². The summed E-state index contributed by atoms with van der Waals surface area (Å²) in [6, 6.07) is 25.9. The van der Waals surface area contributed by atoms with Crippen LogP contribution in [0.15, 0.2) is 72.8 Å². The maximum atomic E-state index is 13.3. The van der Waals surface area contributed by atoms with E-state index in [0.29, 0.717) is 11.4 Å². The Kier molecular flexibility index (Phi) is 6.18. The van der Waals surface area contributed by atoms with Gasteiger partial charge in [-0.3, -0.25) is 4.39 Å². The Morgan fingerprint density at radius 1 is 0.893 bits per heavy atom. The summed E-state index contributed by atoms with van der Waals surface area (Å²) in [7, 11) is 0. The molecule has 1 radical (unpaired) electrons. The van der Waals surface area contributed by atoms with E-state index in [1.807, 2.05) is 34.9 Å². The first-order chi connectivity index (χ1) is 13.1. The predicted molar refractivity (Wildman–Crippen MR) is 105 cm³/mol. The SMILES string of the molecule is CC(C)c1nnc(-c2[c-]cc(F)cc2)n1-c1cccc(-c2ccccc2)c1.[Ir]. The molecule has 4 rings (SSSR count). The zero-order valence-electron chi connectivity index (χ0n) is 15.6. The van der Waals surface area contributed by atoms with E-state index in [-0.39, 0.29) is 31.8 Å². The molecular formula is C23H19FIrN3-. The van der Waals surface area contributed by atoms with Crippen LogP contribution in [0.2, 0.25) is 0 Å². The van der Waals surface area contributed by atoms with Crippen LogP contribution in [0.1, 0.15) is 25.6 Å². The minimum Gasteiger partial charge on any atom is -0.320 e. The van der Waals surface area contributed by atoms with E-state index in [2.05, 4.69) is 54.4 Å². The van der Waals surface area contributed by atoms with Crippen LogP contribution in [0.25, 0.3) is 28.2 Å². The molecule has 0 atom stereocenters. The van der Waals surface area contributed by atoms with Crippen LogP contribution in [0.4, 0.5) is 4.39 Å². The molecule has 1 aromatic heterocycles. The number of hydrogen-bond acceptors (Lipinski definition) is 2. The smallest absolute Gasteiger partial charge is 0.131 e. The summed E-state index contributed by atoms with van der Waals surface area (Å²) in [5, 5.41) is 8.77. The fraction of sp³-hybridized carbons (Fsp3) is 0.130. The molecule has 3 aromatic carbocycles. The van der Waals surface area contributed by atoms with E-state index in [9.17, 15) is 4.39 Å². The molecule has 5 heteroatoms. The summed E-state index contributed by atoms with van der Waals surface area (Å²) >= 11 is 0. The standard InChI is InChI=1S/C23H19FN3.Ir/c1-16(2)22-25-26-23(18-11-13-20(24)14-12-18)27(22)21-10-6-9-19(15-21)17-7-4-3-5-8-17;/h3-11,13-16H,1-2H3;/q-1;. The molecule has 0 fully saturated rings. The van der Waals surface area contributed by atoms with Gasteiger partial charge in [0.25, 0.3) is 0 Å². The van der Waals surface area contributed by atoms with Crippen molar-refractivity contribution in [2.75, 3.05) is 0 Å². The molecule has 28 heavy (non-hydrogen) atoms. The van der Waals surface area contributed by atoms with Crippen molar-refractivity contribution in [3.8, 4) is 28.2 Å². The number of hydrogen-bond donors (Lipinski definition) is 0. The fourth-order valence-electron chi connectivity index (χ4n) is 3.10. The van der Waals surface area contributed by atoms with Crippen LogP contribution in [0, 0.1) is 11.9 Å². The third-order valence-electron chi connectivity index (χ3n) is 4.43. The molecule has 0 aliphatic rings.